The van der Waals surface area contributed by atoms with Crippen LogP contribution >= 0.6 is 24.8 Å². The average molecular weight is 507 g/mol. The van der Waals surface area contributed by atoms with Crippen LogP contribution in [-0.4, -0.2) is 30.6 Å². The molecule has 9 heteroatoms. The minimum atomic E-state index is 0. The number of nitrogens with zero attached hydrogens (tertiary/aromatic N) is 5. The quantitative estimate of drug-likeness (QED) is 0.302. The van der Waals surface area contributed by atoms with Crippen molar-refractivity contribution in [1.29, 1.82) is 0 Å². The lowest BCUT2D eigenvalue weighted by atomic mass is 9.98. The molecule has 5 rings (SSSR count). The highest BCUT2D eigenvalue weighted by atomic mass is 35.5. The number of nitrogens with one attached hydrogen (secondary N) is 1. The van der Waals surface area contributed by atoms with Gasteiger partial charge >= 0.3 is 0 Å². The summed E-state index contributed by atoms with van der Waals surface area (Å²) in [6.45, 7) is 4.40. The predicted octanol–water partition coefficient (Wildman–Crippen LogP) is 6.03. The van der Waals surface area contributed by atoms with Crippen LogP contribution in [0, 0.1) is 13.8 Å². The second kappa shape index (κ2) is 11.6. The summed E-state index contributed by atoms with van der Waals surface area (Å²) in [5, 5.41) is 14.3. The molecule has 0 saturated heterocycles. The van der Waals surface area contributed by atoms with Crippen LogP contribution in [0.2, 0.25) is 0 Å². The highest BCUT2D eigenvalue weighted by Crippen LogP contribution is 2.33. The molecule has 3 aromatic heterocycles. The molecule has 2 aromatic carbocycles. The number of aromatic amines is 1. The van der Waals surface area contributed by atoms with E-state index in [4.69, 9.17) is 4.74 Å². The molecule has 35 heavy (non-hydrogen) atoms. The van der Waals surface area contributed by atoms with Crippen molar-refractivity contribution in [3.63, 3.8) is 0 Å². The fourth-order valence-electron chi connectivity index (χ4n) is 3.89. The number of aryl methyl sites for hydroxylation is 2. The Kier molecular flexibility index (Phi) is 8.52. The maximum absolute atomic E-state index is 6.26. The number of ether oxygens (including phenoxy) is 1. The fraction of sp³-hybridized carbons (Fsp3) is 0.115. The molecular formula is C26H24Cl2N6O. The van der Waals surface area contributed by atoms with Crippen molar-refractivity contribution < 1.29 is 4.74 Å². The van der Waals surface area contributed by atoms with Gasteiger partial charge in [-0.25, -0.2) is 5.10 Å². The average Bonchev–Trinajstić information content (AvgIpc) is 3.38. The molecule has 0 fully saturated rings. The molecule has 0 saturated carbocycles. The van der Waals surface area contributed by atoms with Gasteiger partial charge in [0.25, 0.3) is 0 Å². The minimum Gasteiger partial charge on any atom is -0.488 e. The first kappa shape index (κ1) is 25.8. The van der Waals surface area contributed by atoms with Crippen molar-refractivity contribution in [3.8, 4) is 39.5 Å². The van der Waals surface area contributed by atoms with Crippen LogP contribution in [0.4, 0.5) is 0 Å². The zero-order valence-electron chi connectivity index (χ0n) is 19.2. The van der Waals surface area contributed by atoms with Gasteiger partial charge in [-0.05, 0) is 53.1 Å². The van der Waals surface area contributed by atoms with Gasteiger partial charge in [-0.2, -0.15) is 0 Å². The minimum absolute atomic E-state index is 0. The van der Waals surface area contributed by atoms with Crippen LogP contribution in [0.15, 0.2) is 79.0 Å². The molecule has 1 N–H and O–H groups in total. The molecule has 0 amide bonds. The third kappa shape index (κ3) is 5.65. The smallest absolute Gasteiger partial charge is 0.180 e. The van der Waals surface area contributed by atoms with E-state index >= 15 is 0 Å². The highest BCUT2D eigenvalue weighted by molar-refractivity contribution is 5.85. The third-order valence-corrected chi connectivity index (χ3v) is 5.40. The summed E-state index contributed by atoms with van der Waals surface area (Å²) in [6, 6.07) is 24.2. The lowest BCUT2D eigenvalue weighted by Gasteiger charge is -2.15. The largest absolute Gasteiger partial charge is 0.488 e. The topological polar surface area (TPSA) is 89.5 Å². The van der Waals surface area contributed by atoms with Gasteiger partial charge in [0.1, 0.15) is 12.4 Å². The van der Waals surface area contributed by atoms with Crippen molar-refractivity contribution in [2.45, 2.75) is 20.5 Å². The number of rotatable bonds is 6. The number of benzene rings is 2. The summed E-state index contributed by atoms with van der Waals surface area (Å²) in [4.78, 5) is 9.10. The molecule has 0 atom stereocenters. The van der Waals surface area contributed by atoms with Crippen LogP contribution in [0.3, 0.4) is 0 Å². The zero-order chi connectivity index (χ0) is 22.6. The number of hydrogen-bond acceptors (Lipinski definition) is 6. The molecule has 3 heterocycles. The highest BCUT2D eigenvalue weighted by Gasteiger charge is 2.14. The maximum atomic E-state index is 6.26. The number of hydrogen-bond donors (Lipinski definition) is 1. The Morgan fingerprint density at radius 3 is 2.29 bits per heavy atom. The summed E-state index contributed by atoms with van der Waals surface area (Å²) >= 11 is 0. The Hall–Kier alpha value is -3.81. The zero-order valence-corrected chi connectivity index (χ0v) is 20.8. The van der Waals surface area contributed by atoms with E-state index in [1.165, 1.54) is 0 Å². The van der Waals surface area contributed by atoms with E-state index in [0.29, 0.717) is 12.4 Å². The van der Waals surface area contributed by atoms with Gasteiger partial charge in [0.15, 0.2) is 5.82 Å². The first-order valence-electron chi connectivity index (χ1n) is 10.6. The third-order valence-electron chi connectivity index (χ3n) is 5.40. The molecule has 5 aromatic rings. The molecule has 7 nitrogen and oxygen atoms in total. The van der Waals surface area contributed by atoms with Gasteiger partial charge in [-0.1, -0.05) is 54.6 Å². The molecule has 0 aliphatic rings. The molecule has 0 unspecified atom stereocenters. The van der Waals surface area contributed by atoms with E-state index in [2.05, 4.69) is 60.9 Å². The molecular weight excluding hydrogens is 483 g/mol. The number of halogens is 2. The Balaban J connectivity index is 0.00000171. The second-order valence-corrected chi connectivity index (χ2v) is 7.72. The van der Waals surface area contributed by atoms with Gasteiger partial charge in [-0.3, -0.25) is 9.97 Å². The van der Waals surface area contributed by atoms with E-state index < -0.39 is 0 Å². The van der Waals surface area contributed by atoms with Gasteiger partial charge < -0.3 is 4.74 Å². The Bertz CT molecular complexity index is 1380. The number of aromatic nitrogens is 6. The summed E-state index contributed by atoms with van der Waals surface area (Å²) in [7, 11) is 0. The first-order chi connectivity index (χ1) is 16.2. The van der Waals surface area contributed by atoms with E-state index in [9.17, 15) is 0 Å². The van der Waals surface area contributed by atoms with Gasteiger partial charge in [0, 0.05) is 23.5 Å². The molecule has 178 valence electrons. The van der Waals surface area contributed by atoms with Crippen LogP contribution in [0.25, 0.3) is 33.8 Å². The normalized spacial score (nSPS) is 10.2. The Morgan fingerprint density at radius 1 is 0.857 bits per heavy atom. The lowest BCUT2D eigenvalue weighted by Crippen LogP contribution is -2.01. The SMILES string of the molecule is Cc1cc(OCc2ccc(-c3ccccc3-c3nnn[nH]3)cc2)c(-c2ccccn2)c(C)n1.Cl.Cl. The summed E-state index contributed by atoms with van der Waals surface area (Å²) in [5.74, 6) is 1.43. The van der Waals surface area contributed by atoms with Crippen molar-refractivity contribution in [2.24, 2.45) is 0 Å². The summed E-state index contributed by atoms with van der Waals surface area (Å²) < 4.78 is 6.26. The Morgan fingerprint density at radius 2 is 1.60 bits per heavy atom. The maximum Gasteiger partial charge on any atom is 0.180 e. The van der Waals surface area contributed by atoms with Crippen LogP contribution in [-0.2, 0) is 6.61 Å². The van der Waals surface area contributed by atoms with E-state index in [1.54, 1.807) is 6.20 Å². The van der Waals surface area contributed by atoms with E-state index in [1.807, 2.05) is 56.3 Å². The fourth-order valence-corrected chi connectivity index (χ4v) is 3.89. The standard InChI is InChI=1S/C26H22N6O.2ClH/c1-17-15-24(25(18(2)28-17)23-9-5-6-14-27-23)33-16-19-10-12-20(13-11-19)21-7-3-4-8-22(21)26-29-31-32-30-26;;/h3-15H,16H2,1-2H3,(H,29,30,31,32);2*1H. The van der Waals surface area contributed by atoms with Gasteiger partial charge in [-0.15, -0.1) is 29.9 Å². The summed E-state index contributed by atoms with van der Waals surface area (Å²) in [5.41, 5.74) is 7.75. The molecule has 0 bridgehead atoms. The lowest BCUT2D eigenvalue weighted by molar-refractivity contribution is 0.306. The Labute approximate surface area is 215 Å². The number of tetrazole rings is 1. The van der Waals surface area contributed by atoms with E-state index in [0.717, 1.165) is 50.6 Å². The molecule has 0 aliphatic heterocycles. The van der Waals surface area contributed by atoms with Crippen molar-refractivity contribution in [3.05, 3.63) is 95.9 Å². The van der Waals surface area contributed by atoms with Crippen molar-refractivity contribution in [1.82, 2.24) is 30.6 Å². The van der Waals surface area contributed by atoms with Crippen molar-refractivity contribution >= 4 is 24.8 Å². The molecule has 0 aliphatic carbocycles. The molecule has 0 spiro atoms. The van der Waals surface area contributed by atoms with Crippen LogP contribution in [0.1, 0.15) is 17.0 Å². The van der Waals surface area contributed by atoms with E-state index in [-0.39, 0.29) is 24.8 Å². The number of H-pyrrole nitrogens is 1. The van der Waals surface area contributed by atoms with Crippen LogP contribution in [0.5, 0.6) is 5.75 Å². The predicted molar refractivity (Wildman–Crippen MR) is 141 cm³/mol. The van der Waals surface area contributed by atoms with Gasteiger partial charge in [0.05, 0.1) is 17.0 Å². The van der Waals surface area contributed by atoms with Crippen LogP contribution < -0.4 is 4.74 Å². The van der Waals surface area contributed by atoms with Gasteiger partial charge in [0.2, 0.25) is 0 Å². The second-order valence-electron chi connectivity index (χ2n) is 7.72. The first-order valence-corrected chi connectivity index (χ1v) is 10.6. The summed E-state index contributed by atoms with van der Waals surface area (Å²) in [6.07, 6.45) is 1.78. The monoisotopic (exact) mass is 506 g/mol. The molecule has 0 radical (unpaired) electrons. The number of pyridine rings is 2. The van der Waals surface area contributed by atoms with Crippen molar-refractivity contribution in [2.75, 3.05) is 0 Å².